The minimum Gasteiger partial charge on any atom is -0.378 e. The van der Waals surface area contributed by atoms with Crippen LogP contribution in [0.2, 0.25) is 0 Å². The van der Waals surface area contributed by atoms with E-state index in [1.807, 2.05) is 7.05 Å². The fourth-order valence-electron chi connectivity index (χ4n) is 2.21. The third-order valence-electron chi connectivity index (χ3n) is 3.17. The number of halogens is 1. The largest absolute Gasteiger partial charge is 0.378 e. The van der Waals surface area contributed by atoms with Gasteiger partial charge in [0, 0.05) is 27.2 Å². The van der Waals surface area contributed by atoms with Crippen LogP contribution in [-0.2, 0) is 22.5 Å². The number of hydrogen-bond donors (Lipinski definition) is 1. The average Bonchev–Trinajstić information content (AvgIpc) is 2.43. The molecule has 0 aromatic carbocycles. The second kappa shape index (κ2) is 7.17. The van der Waals surface area contributed by atoms with Gasteiger partial charge in [-0.05, 0) is 35.2 Å². The van der Waals surface area contributed by atoms with Gasteiger partial charge in [-0.1, -0.05) is 0 Å². The Labute approximate surface area is 122 Å². The summed E-state index contributed by atoms with van der Waals surface area (Å²) < 4.78 is 11.8. The number of rotatable bonds is 5. The van der Waals surface area contributed by atoms with Crippen molar-refractivity contribution in [1.82, 2.24) is 9.97 Å². The number of nitrogens with one attached hydrogen (secondary N) is 1. The molecule has 5 nitrogen and oxygen atoms in total. The highest BCUT2D eigenvalue weighted by Gasteiger charge is 2.18. The van der Waals surface area contributed by atoms with E-state index in [0.717, 1.165) is 47.7 Å². The Bertz CT molecular complexity index is 423. The van der Waals surface area contributed by atoms with E-state index in [-0.39, 0.29) is 6.10 Å². The van der Waals surface area contributed by atoms with Gasteiger partial charge in [-0.2, -0.15) is 0 Å². The topological polar surface area (TPSA) is 56.3 Å². The van der Waals surface area contributed by atoms with Crippen molar-refractivity contribution in [2.24, 2.45) is 0 Å². The van der Waals surface area contributed by atoms with Crippen molar-refractivity contribution in [2.75, 3.05) is 26.1 Å². The van der Waals surface area contributed by atoms with E-state index in [2.05, 4.69) is 31.2 Å². The highest BCUT2D eigenvalue weighted by atomic mass is 79.9. The van der Waals surface area contributed by atoms with Crippen LogP contribution >= 0.6 is 15.9 Å². The lowest BCUT2D eigenvalue weighted by atomic mass is 10.1. The molecule has 2 rings (SSSR count). The molecule has 0 amide bonds. The van der Waals surface area contributed by atoms with E-state index in [9.17, 15) is 0 Å². The van der Waals surface area contributed by atoms with Crippen molar-refractivity contribution in [3.63, 3.8) is 0 Å². The summed E-state index contributed by atoms with van der Waals surface area (Å²) in [7, 11) is 3.52. The molecule has 0 aliphatic carbocycles. The van der Waals surface area contributed by atoms with E-state index in [4.69, 9.17) is 9.47 Å². The maximum atomic E-state index is 5.74. The molecule has 1 saturated heterocycles. The van der Waals surface area contributed by atoms with E-state index in [1.165, 1.54) is 6.42 Å². The molecule has 1 aliphatic rings. The zero-order valence-electron chi connectivity index (χ0n) is 11.4. The van der Waals surface area contributed by atoms with Crippen LogP contribution in [0.1, 0.15) is 30.8 Å². The van der Waals surface area contributed by atoms with Gasteiger partial charge in [0.05, 0.1) is 22.9 Å². The number of ether oxygens (including phenoxy) is 2. The van der Waals surface area contributed by atoms with Crippen molar-refractivity contribution >= 4 is 21.7 Å². The second-order valence-electron chi connectivity index (χ2n) is 4.62. The third-order valence-corrected chi connectivity index (χ3v) is 4.00. The zero-order valence-corrected chi connectivity index (χ0v) is 13.0. The van der Waals surface area contributed by atoms with Gasteiger partial charge >= 0.3 is 0 Å². The van der Waals surface area contributed by atoms with Crippen LogP contribution in [0.15, 0.2) is 4.47 Å². The SMILES string of the molecule is CNc1nc(CC2CCCCO2)nc(COC)c1Br. The molecule has 1 aromatic heterocycles. The number of aromatic nitrogens is 2. The number of nitrogens with zero attached hydrogens (tertiary/aromatic N) is 2. The molecule has 1 aliphatic heterocycles. The van der Waals surface area contributed by atoms with E-state index in [0.29, 0.717) is 6.61 Å². The van der Waals surface area contributed by atoms with Gasteiger partial charge in [0.2, 0.25) is 0 Å². The molecular formula is C13H20BrN3O2. The maximum Gasteiger partial charge on any atom is 0.144 e. The van der Waals surface area contributed by atoms with Crippen LogP contribution in [0, 0.1) is 0 Å². The quantitative estimate of drug-likeness (QED) is 0.899. The first kappa shape index (κ1) is 14.7. The predicted octanol–water partition coefficient (Wildman–Crippen LogP) is 2.54. The summed E-state index contributed by atoms with van der Waals surface area (Å²) in [4.78, 5) is 9.08. The van der Waals surface area contributed by atoms with Crippen LogP contribution in [0.25, 0.3) is 0 Å². The fourth-order valence-corrected chi connectivity index (χ4v) is 2.70. The van der Waals surface area contributed by atoms with Crippen LogP contribution in [0.3, 0.4) is 0 Å². The van der Waals surface area contributed by atoms with Crippen molar-refractivity contribution in [3.05, 3.63) is 16.0 Å². The first-order chi connectivity index (χ1) is 9.24. The molecule has 1 N–H and O–H groups in total. The number of anilines is 1. The molecular weight excluding hydrogens is 310 g/mol. The molecule has 1 fully saturated rings. The summed E-state index contributed by atoms with van der Waals surface area (Å²) in [5.41, 5.74) is 0.868. The average molecular weight is 330 g/mol. The summed E-state index contributed by atoms with van der Waals surface area (Å²) >= 11 is 3.50. The molecule has 19 heavy (non-hydrogen) atoms. The Balaban J connectivity index is 2.16. The van der Waals surface area contributed by atoms with Crippen LogP contribution in [-0.4, -0.2) is 36.8 Å². The summed E-state index contributed by atoms with van der Waals surface area (Å²) in [5.74, 6) is 1.61. The normalized spacial score (nSPS) is 19.4. The smallest absolute Gasteiger partial charge is 0.144 e. The third kappa shape index (κ3) is 3.87. The number of methoxy groups -OCH3 is 1. The molecule has 0 bridgehead atoms. The lowest BCUT2D eigenvalue weighted by molar-refractivity contribution is 0.0156. The van der Waals surface area contributed by atoms with Gasteiger partial charge in [-0.25, -0.2) is 9.97 Å². The summed E-state index contributed by atoms with van der Waals surface area (Å²) in [6.45, 7) is 1.32. The Kier molecular flexibility index (Phi) is 5.54. The number of hydrogen-bond acceptors (Lipinski definition) is 5. The molecule has 0 radical (unpaired) electrons. The Morgan fingerprint density at radius 3 is 2.89 bits per heavy atom. The summed E-state index contributed by atoms with van der Waals surface area (Å²) in [6.07, 6.45) is 4.49. The predicted molar refractivity (Wildman–Crippen MR) is 77.3 cm³/mol. The van der Waals surface area contributed by atoms with Gasteiger partial charge in [-0.3, -0.25) is 0 Å². The van der Waals surface area contributed by atoms with Crippen LogP contribution < -0.4 is 5.32 Å². The zero-order chi connectivity index (χ0) is 13.7. The first-order valence-electron chi connectivity index (χ1n) is 6.58. The highest BCUT2D eigenvalue weighted by molar-refractivity contribution is 9.10. The maximum absolute atomic E-state index is 5.74. The molecule has 2 heterocycles. The molecule has 1 unspecified atom stereocenters. The molecule has 1 atom stereocenters. The Hall–Kier alpha value is -0.720. The molecule has 106 valence electrons. The highest BCUT2D eigenvalue weighted by Crippen LogP contribution is 2.25. The van der Waals surface area contributed by atoms with E-state index < -0.39 is 0 Å². The molecule has 0 spiro atoms. The molecule has 1 aromatic rings. The van der Waals surface area contributed by atoms with Gasteiger partial charge in [0.15, 0.2) is 0 Å². The van der Waals surface area contributed by atoms with Gasteiger partial charge in [0.1, 0.15) is 11.6 Å². The molecule has 0 saturated carbocycles. The summed E-state index contributed by atoms with van der Waals surface area (Å²) in [5, 5.41) is 3.08. The Morgan fingerprint density at radius 1 is 1.42 bits per heavy atom. The minimum atomic E-state index is 0.245. The van der Waals surface area contributed by atoms with Crippen molar-refractivity contribution in [3.8, 4) is 0 Å². The van der Waals surface area contributed by atoms with Gasteiger partial charge in [0.25, 0.3) is 0 Å². The minimum absolute atomic E-state index is 0.245. The van der Waals surface area contributed by atoms with Gasteiger partial charge < -0.3 is 14.8 Å². The summed E-state index contributed by atoms with van der Waals surface area (Å²) in [6, 6.07) is 0. The van der Waals surface area contributed by atoms with Crippen molar-refractivity contribution < 1.29 is 9.47 Å². The van der Waals surface area contributed by atoms with E-state index in [1.54, 1.807) is 7.11 Å². The standard InChI is InChI=1S/C13H20BrN3O2/c1-15-13-12(14)10(8-18-2)16-11(17-13)7-9-5-3-4-6-19-9/h9H,3-8H2,1-2H3,(H,15,16,17). The fraction of sp³-hybridized carbons (Fsp3) is 0.692. The van der Waals surface area contributed by atoms with E-state index >= 15 is 0 Å². The first-order valence-corrected chi connectivity index (χ1v) is 7.37. The van der Waals surface area contributed by atoms with Crippen LogP contribution in [0.4, 0.5) is 5.82 Å². The van der Waals surface area contributed by atoms with Crippen LogP contribution in [0.5, 0.6) is 0 Å². The monoisotopic (exact) mass is 329 g/mol. The Morgan fingerprint density at radius 2 is 2.26 bits per heavy atom. The lowest BCUT2D eigenvalue weighted by Crippen LogP contribution is -2.23. The van der Waals surface area contributed by atoms with Gasteiger partial charge in [-0.15, -0.1) is 0 Å². The second-order valence-corrected chi connectivity index (χ2v) is 5.42. The van der Waals surface area contributed by atoms with Crippen molar-refractivity contribution in [1.29, 1.82) is 0 Å². The molecule has 6 heteroatoms. The van der Waals surface area contributed by atoms with Crippen molar-refractivity contribution in [2.45, 2.75) is 38.4 Å². The lowest BCUT2D eigenvalue weighted by Gasteiger charge is -2.22.